The zero-order chi connectivity index (χ0) is 16.1. The van der Waals surface area contributed by atoms with E-state index in [0.717, 1.165) is 4.88 Å². The van der Waals surface area contributed by atoms with E-state index in [-0.39, 0.29) is 17.9 Å². The molecule has 22 heavy (non-hydrogen) atoms. The molecule has 2 fully saturated rings. The van der Waals surface area contributed by atoms with Crippen LogP contribution in [0, 0.1) is 11.8 Å². The van der Waals surface area contributed by atoms with Gasteiger partial charge in [-0.05, 0) is 25.3 Å². The van der Waals surface area contributed by atoms with Crippen molar-refractivity contribution in [3.05, 3.63) is 22.4 Å². The average Bonchev–Trinajstić information content (AvgIpc) is 3.17. The minimum atomic E-state index is -1.19. The summed E-state index contributed by atoms with van der Waals surface area (Å²) in [5, 5.41) is 5.11. The molecule has 0 saturated carbocycles. The molecule has 2 saturated heterocycles. The monoisotopic (exact) mass is 322 g/mol. The molecule has 2 aliphatic rings. The van der Waals surface area contributed by atoms with E-state index in [1.165, 1.54) is 23.3 Å². The smallest absolute Gasteiger partial charge is 0.326 e. The SMILES string of the molecule is CCN1C(=O)[C@@H]2[C@H](c3cccs3)N[C@](C)(C(=O)OC)[C@H]2C1=O. The van der Waals surface area contributed by atoms with Crippen molar-refractivity contribution in [1.29, 1.82) is 0 Å². The van der Waals surface area contributed by atoms with Gasteiger partial charge >= 0.3 is 5.97 Å². The van der Waals surface area contributed by atoms with Crippen molar-refractivity contribution in [2.45, 2.75) is 25.4 Å². The maximum absolute atomic E-state index is 12.7. The van der Waals surface area contributed by atoms with E-state index in [1.54, 1.807) is 13.8 Å². The van der Waals surface area contributed by atoms with Crippen molar-refractivity contribution in [3.63, 3.8) is 0 Å². The molecule has 6 nitrogen and oxygen atoms in total. The van der Waals surface area contributed by atoms with Crippen LogP contribution in [-0.2, 0) is 19.1 Å². The number of rotatable bonds is 3. The van der Waals surface area contributed by atoms with Crippen molar-refractivity contribution in [1.82, 2.24) is 10.2 Å². The summed E-state index contributed by atoms with van der Waals surface area (Å²) in [5.41, 5.74) is -1.19. The van der Waals surface area contributed by atoms with Crippen LogP contribution < -0.4 is 5.32 Å². The number of ether oxygens (including phenoxy) is 1. The lowest BCUT2D eigenvalue weighted by Gasteiger charge is -2.28. The Hall–Kier alpha value is -1.73. The summed E-state index contributed by atoms with van der Waals surface area (Å²) in [6.07, 6.45) is 0. The molecular weight excluding hydrogens is 304 g/mol. The third kappa shape index (κ3) is 1.85. The van der Waals surface area contributed by atoms with Gasteiger partial charge in [0.15, 0.2) is 0 Å². The molecular formula is C15H18N2O4S. The lowest BCUT2D eigenvalue weighted by Crippen LogP contribution is -2.53. The third-order valence-electron chi connectivity index (χ3n) is 4.65. The van der Waals surface area contributed by atoms with Gasteiger partial charge in [-0.3, -0.25) is 24.6 Å². The molecule has 0 radical (unpaired) electrons. The first-order valence-corrected chi connectivity index (χ1v) is 8.08. The molecule has 2 amide bonds. The Bertz CT molecular complexity index is 629. The van der Waals surface area contributed by atoms with Gasteiger partial charge in [-0.15, -0.1) is 11.3 Å². The number of amides is 2. The van der Waals surface area contributed by atoms with Crippen LogP contribution in [0.2, 0.25) is 0 Å². The van der Waals surface area contributed by atoms with Gasteiger partial charge in [0.1, 0.15) is 5.54 Å². The summed E-state index contributed by atoms with van der Waals surface area (Å²) in [7, 11) is 1.29. The van der Waals surface area contributed by atoms with E-state index in [0.29, 0.717) is 6.54 Å². The number of nitrogens with one attached hydrogen (secondary N) is 1. The zero-order valence-electron chi connectivity index (χ0n) is 12.7. The molecule has 3 rings (SSSR count). The normalized spacial score (nSPS) is 34.1. The van der Waals surface area contributed by atoms with Crippen LogP contribution in [0.15, 0.2) is 17.5 Å². The molecule has 0 spiro atoms. The number of fused-ring (bicyclic) bond motifs is 1. The maximum Gasteiger partial charge on any atom is 0.326 e. The molecule has 7 heteroatoms. The zero-order valence-corrected chi connectivity index (χ0v) is 13.5. The van der Waals surface area contributed by atoms with Crippen molar-refractivity contribution in [2.24, 2.45) is 11.8 Å². The molecule has 4 atom stereocenters. The van der Waals surface area contributed by atoms with Crippen molar-refractivity contribution >= 4 is 29.1 Å². The number of imide groups is 1. The first-order valence-electron chi connectivity index (χ1n) is 7.20. The topological polar surface area (TPSA) is 75.7 Å². The largest absolute Gasteiger partial charge is 0.468 e. The van der Waals surface area contributed by atoms with Crippen LogP contribution >= 0.6 is 11.3 Å². The number of thiophene rings is 1. The van der Waals surface area contributed by atoms with Crippen LogP contribution in [0.4, 0.5) is 0 Å². The predicted octanol–water partition coefficient (Wildman–Crippen LogP) is 0.945. The van der Waals surface area contributed by atoms with E-state index < -0.39 is 23.3 Å². The van der Waals surface area contributed by atoms with Gasteiger partial charge in [0, 0.05) is 11.4 Å². The molecule has 1 aromatic heterocycles. The molecule has 118 valence electrons. The second-order valence-corrected chi connectivity index (χ2v) is 6.73. The highest BCUT2D eigenvalue weighted by atomic mass is 32.1. The standard InChI is InChI=1S/C15H18N2O4S/c1-4-17-12(18)9-10(13(17)19)15(2,14(20)21-3)16-11(9)8-6-5-7-22-8/h5-7,9-11,16H,4H2,1-3H3/t9-,10+,11-,15-/m0/s1. The lowest BCUT2D eigenvalue weighted by molar-refractivity contribution is -0.153. The molecule has 0 unspecified atom stereocenters. The highest BCUT2D eigenvalue weighted by molar-refractivity contribution is 7.10. The molecule has 1 aromatic rings. The van der Waals surface area contributed by atoms with Gasteiger partial charge in [0.25, 0.3) is 0 Å². The van der Waals surface area contributed by atoms with Crippen LogP contribution in [0.3, 0.4) is 0 Å². The van der Waals surface area contributed by atoms with Gasteiger partial charge in [-0.2, -0.15) is 0 Å². The summed E-state index contributed by atoms with van der Waals surface area (Å²) in [6, 6.07) is 3.46. The number of esters is 1. The minimum absolute atomic E-state index is 0.212. The summed E-state index contributed by atoms with van der Waals surface area (Å²) < 4.78 is 4.88. The maximum atomic E-state index is 12.7. The number of carbonyl (C=O) groups is 3. The number of nitrogens with zero attached hydrogens (tertiary/aromatic N) is 1. The van der Waals surface area contributed by atoms with E-state index in [2.05, 4.69) is 5.32 Å². The second-order valence-electron chi connectivity index (χ2n) is 5.76. The Kier molecular flexibility index (Phi) is 3.57. The van der Waals surface area contributed by atoms with Gasteiger partial charge in [-0.25, -0.2) is 0 Å². The van der Waals surface area contributed by atoms with Gasteiger partial charge in [0.05, 0.1) is 25.0 Å². The fraction of sp³-hybridized carbons (Fsp3) is 0.533. The van der Waals surface area contributed by atoms with Gasteiger partial charge in [0.2, 0.25) is 11.8 Å². The second kappa shape index (κ2) is 5.17. The Morgan fingerprint density at radius 1 is 1.45 bits per heavy atom. The number of methoxy groups -OCH3 is 1. The first-order chi connectivity index (χ1) is 10.5. The minimum Gasteiger partial charge on any atom is -0.468 e. The molecule has 0 aliphatic carbocycles. The van der Waals surface area contributed by atoms with Gasteiger partial charge < -0.3 is 4.74 Å². The van der Waals surface area contributed by atoms with Gasteiger partial charge in [-0.1, -0.05) is 6.07 Å². The number of hydrogen-bond donors (Lipinski definition) is 1. The molecule has 3 heterocycles. The van der Waals surface area contributed by atoms with Crippen LogP contribution in [0.5, 0.6) is 0 Å². The summed E-state index contributed by atoms with van der Waals surface area (Å²) >= 11 is 1.50. The highest BCUT2D eigenvalue weighted by Gasteiger charge is 2.66. The fourth-order valence-electron chi connectivity index (χ4n) is 3.62. The predicted molar refractivity (Wildman–Crippen MR) is 80.0 cm³/mol. The van der Waals surface area contributed by atoms with Crippen molar-refractivity contribution < 1.29 is 19.1 Å². The summed E-state index contributed by atoms with van der Waals surface area (Å²) in [4.78, 5) is 39.8. The summed E-state index contributed by atoms with van der Waals surface area (Å²) in [6.45, 7) is 3.73. The average molecular weight is 322 g/mol. The van der Waals surface area contributed by atoms with Crippen molar-refractivity contribution in [2.75, 3.05) is 13.7 Å². The van der Waals surface area contributed by atoms with E-state index in [9.17, 15) is 14.4 Å². The Morgan fingerprint density at radius 3 is 2.73 bits per heavy atom. The Balaban J connectivity index is 2.09. The molecule has 1 N–H and O–H groups in total. The first kappa shape index (κ1) is 15.2. The van der Waals surface area contributed by atoms with E-state index >= 15 is 0 Å². The molecule has 0 bridgehead atoms. The van der Waals surface area contributed by atoms with Crippen LogP contribution in [0.25, 0.3) is 0 Å². The number of likely N-dealkylation sites (tertiary alicyclic amines) is 1. The Morgan fingerprint density at radius 2 is 2.18 bits per heavy atom. The van der Waals surface area contributed by atoms with E-state index in [4.69, 9.17) is 4.74 Å². The fourth-order valence-corrected chi connectivity index (χ4v) is 4.45. The number of hydrogen-bond acceptors (Lipinski definition) is 6. The lowest BCUT2D eigenvalue weighted by atomic mass is 9.81. The molecule has 2 aliphatic heterocycles. The number of carbonyl (C=O) groups excluding carboxylic acids is 3. The quantitative estimate of drug-likeness (QED) is 0.662. The molecule has 0 aromatic carbocycles. The van der Waals surface area contributed by atoms with Crippen LogP contribution in [-0.4, -0.2) is 41.9 Å². The third-order valence-corrected chi connectivity index (χ3v) is 5.61. The Labute approximate surface area is 132 Å². The summed E-state index contributed by atoms with van der Waals surface area (Å²) in [5.74, 6) is -2.30. The van der Waals surface area contributed by atoms with E-state index in [1.807, 2.05) is 17.5 Å². The highest BCUT2D eigenvalue weighted by Crippen LogP contribution is 2.49. The van der Waals surface area contributed by atoms with Crippen molar-refractivity contribution in [3.8, 4) is 0 Å². The van der Waals surface area contributed by atoms with Crippen LogP contribution in [0.1, 0.15) is 24.8 Å².